The molecule has 0 amide bonds. The highest BCUT2D eigenvalue weighted by Gasteiger charge is 2.54. The molecular weight excluding hydrogens is 697 g/mol. The Labute approximate surface area is 330 Å². The van der Waals surface area contributed by atoms with Crippen LogP contribution in [0.3, 0.4) is 0 Å². The maximum absolute atomic E-state index is 7.08. The van der Waals surface area contributed by atoms with Crippen molar-refractivity contribution in [3.05, 3.63) is 217 Å². The molecule has 57 heavy (non-hydrogen) atoms. The molecule has 1 spiro atoms. The fourth-order valence-corrected chi connectivity index (χ4v) is 9.51. The predicted molar refractivity (Wildman–Crippen MR) is 227 cm³/mol. The molecule has 5 nitrogen and oxygen atoms in total. The Kier molecular flexibility index (Phi) is 6.78. The molecule has 1 unspecified atom stereocenters. The number of hydrogen-bond donors (Lipinski definition) is 0. The SMILES string of the molecule is c1ccc(-c2cccc(N3c4ccccc4Oc4c3ccc3c4-c4ccccc4C34c3cccnc3-c3nc(-c5ccccc5-c5ccncc5)ccc34)c2)cc1. The summed E-state index contributed by atoms with van der Waals surface area (Å²) < 4.78 is 7.08. The minimum absolute atomic E-state index is 0.644. The molecule has 3 aromatic heterocycles. The number of benzene rings is 6. The number of ether oxygens (including phenoxy) is 1. The van der Waals surface area contributed by atoms with Crippen LogP contribution in [0.5, 0.6) is 11.5 Å². The van der Waals surface area contributed by atoms with Gasteiger partial charge in [-0.3, -0.25) is 9.97 Å². The monoisotopic (exact) mass is 728 g/mol. The minimum atomic E-state index is -0.644. The van der Waals surface area contributed by atoms with Crippen LogP contribution in [0.25, 0.3) is 56.0 Å². The summed E-state index contributed by atoms with van der Waals surface area (Å²) in [6.07, 6.45) is 5.56. The maximum Gasteiger partial charge on any atom is 0.159 e. The van der Waals surface area contributed by atoms with E-state index in [0.29, 0.717) is 0 Å². The van der Waals surface area contributed by atoms with Crippen molar-refractivity contribution in [3.63, 3.8) is 0 Å². The molecular formula is C52H32N4O. The zero-order chi connectivity index (χ0) is 37.5. The standard InChI is InChI=1S/C52H32N4O/c1-2-12-33(13-3-1)35-14-10-15-36(32-35)56-45-21-8-9-22-47(45)57-51-46(56)26-24-41-48(51)39-18-6-7-19-40(39)52(41)42-20-11-29-54-49(42)50-43(52)23-25-44(55-50)38-17-5-4-16-37(38)34-27-30-53-31-28-34/h1-32H. The fraction of sp³-hybridized carbons (Fsp3) is 0.0192. The summed E-state index contributed by atoms with van der Waals surface area (Å²) in [5.74, 6) is 1.66. The topological polar surface area (TPSA) is 51.1 Å². The normalized spacial score (nSPS) is 15.2. The number of hydrogen-bond acceptors (Lipinski definition) is 5. The van der Waals surface area contributed by atoms with Crippen molar-refractivity contribution in [1.29, 1.82) is 0 Å². The summed E-state index contributed by atoms with van der Waals surface area (Å²) in [5.41, 5.74) is 17.6. The van der Waals surface area contributed by atoms with Crippen molar-refractivity contribution in [2.24, 2.45) is 0 Å². The van der Waals surface area contributed by atoms with Crippen LogP contribution < -0.4 is 9.64 Å². The molecule has 3 aliphatic rings. The van der Waals surface area contributed by atoms with E-state index in [2.05, 4.69) is 168 Å². The summed E-state index contributed by atoms with van der Waals surface area (Å²) in [7, 11) is 0. The van der Waals surface area contributed by atoms with Crippen molar-refractivity contribution in [1.82, 2.24) is 15.0 Å². The molecule has 0 N–H and O–H groups in total. The molecule has 0 bridgehead atoms. The number of rotatable bonds is 4. The third-order valence-electron chi connectivity index (χ3n) is 11.8. The van der Waals surface area contributed by atoms with Gasteiger partial charge in [-0.15, -0.1) is 0 Å². The first-order valence-corrected chi connectivity index (χ1v) is 19.3. The van der Waals surface area contributed by atoms with Crippen LogP contribution in [0.4, 0.5) is 17.1 Å². The highest BCUT2D eigenvalue weighted by atomic mass is 16.5. The van der Waals surface area contributed by atoms with Crippen LogP contribution in [-0.4, -0.2) is 15.0 Å². The summed E-state index contributed by atoms with van der Waals surface area (Å²) in [5, 5.41) is 0. The molecule has 5 heteroatoms. The van der Waals surface area contributed by atoms with Gasteiger partial charge in [0, 0.05) is 35.4 Å². The number of pyridine rings is 3. The molecule has 1 atom stereocenters. The molecule has 6 aromatic carbocycles. The van der Waals surface area contributed by atoms with Gasteiger partial charge in [0.05, 0.1) is 33.9 Å². The van der Waals surface area contributed by atoms with Crippen LogP contribution in [-0.2, 0) is 5.41 Å². The number of fused-ring (bicyclic) bond motifs is 13. The van der Waals surface area contributed by atoms with Gasteiger partial charge in [-0.25, -0.2) is 4.98 Å². The smallest absolute Gasteiger partial charge is 0.159 e. The number of para-hydroxylation sites is 2. The lowest BCUT2D eigenvalue weighted by Gasteiger charge is -2.35. The summed E-state index contributed by atoms with van der Waals surface area (Å²) in [6, 6.07) is 62.3. The Morgan fingerprint density at radius 3 is 2.07 bits per heavy atom. The van der Waals surface area contributed by atoms with Crippen LogP contribution in [0, 0.1) is 0 Å². The van der Waals surface area contributed by atoms with Gasteiger partial charge in [0.1, 0.15) is 0 Å². The van der Waals surface area contributed by atoms with Crippen molar-refractivity contribution in [3.8, 4) is 67.5 Å². The number of anilines is 3. The molecule has 2 aliphatic carbocycles. The average Bonchev–Trinajstić information content (AvgIpc) is 3.76. The van der Waals surface area contributed by atoms with E-state index in [1.54, 1.807) is 0 Å². The Morgan fingerprint density at radius 2 is 1.18 bits per heavy atom. The van der Waals surface area contributed by atoms with E-state index in [-0.39, 0.29) is 0 Å². The van der Waals surface area contributed by atoms with Crippen LogP contribution in [0.15, 0.2) is 195 Å². The molecule has 0 saturated heterocycles. The fourth-order valence-electron chi connectivity index (χ4n) is 9.51. The first kappa shape index (κ1) is 31.7. The first-order valence-electron chi connectivity index (χ1n) is 19.3. The van der Waals surface area contributed by atoms with E-state index in [9.17, 15) is 0 Å². The Bertz CT molecular complexity index is 3070. The van der Waals surface area contributed by atoms with Crippen molar-refractivity contribution >= 4 is 17.1 Å². The van der Waals surface area contributed by atoms with Gasteiger partial charge in [0.2, 0.25) is 0 Å². The largest absolute Gasteiger partial charge is 0.452 e. The third kappa shape index (κ3) is 4.48. The molecule has 0 radical (unpaired) electrons. The molecule has 12 rings (SSSR count). The molecule has 9 aromatic rings. The second-order valence-corrected chi connectivity index (χ2v) is 14.7. The van der Waals surface area contributed by atoms with E-state index in [0.717, 1.165) is 90.2 Å². The Balaban J connectivity index is 1.09. The molecule has 266 valence electrons. The lowest BCUT2D eigenvalue weighted by Crippen LogP contribution is -2.26. The van der Waals surface area contributed by atoms with E-state index >= 15 is 0 Å². The molecule has 0 saturated carbocycles. The Morgan fingerprint density at radius 1 is 0.456 bits per heavy atom. The van der Waals surface area contributed by atoms with Crippen LogP contribution >= 0.6 is 0 Å². The predicted octanol–water partition coefficient (Wildman–Crippen LogP) is 12.8. The van der Waals surface area contributed by atoms with E-state index in [4.69, 9.17) is 14.7 Å². The quantitative estimate of drug-likeness (QED) is 0.181. The van der Waals surface area contributed by atoms with Crippen molar-refractivity contribution in [2.45, 2.75) is 5.41 Å². The van der Waals surface area contributed by atoms with Gasteiger partial charge in [-0.1, -0.05) is 121 Å². The summed E-state index contributed by atoms with van der Waals surface area (Å²) in [6.45, 7) is 0. The highest BCUT2D eigenvalue weighted by Crippen LogP contribution is 2.66. The van der Waals surface area contributed by atoms with E-state index in [1.807, 2.05) is 36.8 Å². The maximum atomic E-state index is 7.08. The van der Waals surface area contributed by atoms with Crippen molar-refractivity contribution in [2.75, 3.05) is 4.90 Å². The highest BCUT2D eigenvalue weighted by molar-refractivity contribution is 6.01. The minimum Gasteiger partial charge on any atom is -0.452 e. The van der Waals surface area contributed by atoms with Gasteiger partial charge < -0.3 is 9.64 Å². The second kappa shape index (κ2) is 12.2. The van der Waals surface area contributed by atoms with Crippen LogP contribution in [0.1, 0.15) is 22.3 Å². The van der Waals surface area contributed by atoms with Gasteiger partial charge in [0.15, 0.2) is 11.5 Å². The summed E-state index contributed by atoms with van der Waals surface area (Å²) >= 11 is 0. The Hall–Kier alpha value is -7.63. The average molecular weight is 729 g/mol. The number of aromatic nitrogens is 3. The van der Waals surface area contributed by atoms with Gasteiger partial charge in [-0.05, 0) is 105 Å². The van der Waals surface area contributed by atoms with Crippen LogP contribution in [0.2, 0.25) is 0 Å². The van der Waals surface area contributed by atoms with E-state index in [1.165, 1.54) is 16.7 Å². The lowest BCUT2D eigenvalue weighted by atomic mass is 9.71. The van der Waals surface area contributed by atoms with Gasteiger partial charge >= 0.3 is 0 Å². The zero-order valence-corrected chi connectivity index (χ0v) is 30.7. The molecule has 4 heterocycles. The number of nitrogens with zero attached hydrogens (tertiary/aromatic N) is 4. The third-order valence-corrected chi connectivity index (χ3v) is 11.8. The van der Waals surface area contributed by atoms with Gasteiger partial charge in [-0.2, -0.15) is 0 Å². The second-order valence-electron chi connectivity index (χ2n) is 14.7. The first-order chi connectivity index (χ1) is 28.3. The molecule has 0 fully saturated rings. The van der Waals surface area contributed by atoms with Gasteiger partial charge in [0.25, 0.3) is 0 Å². The van der Waals surface area contributed by atoms with E-state index < -0.39 is 5.41 Å². The lowest BCUT2D eigenvalue weighted by molar-refractivity contribution is 0.478. The van der Waals surface area contributed by atoms with Crippen molar-refractivity contribution < 1.29 is 4.74 Å². The molecule has 1 aliphatic heterocycles. The zero-order valence-electron chi connectivity index (χ0n) is 30.7. The summed E-state index contributed by atoms with van der Waals surface area (Å²) in [4.78, 5) is 17.2.